The number of benzene rings is 1. The van der Waals surface area contributed by atoms with Crippen molar-refractivity contribution in [2.24, 2.45) is 0 Å². The second-order valence-electron chi connectivity index (χ2n) is 6.27. The largest absolute Gasteiger partial charge is 0.388 e. The van der Waals surface area contributed by atoms with Gasteiger partial charge in [0.1, 0.15) is 6.33 Å². The molecule has 0 bridgehead atoms. The number of H-pyrrole nitrogens is 1. The lowest BCUT2D eigenvalue weighted by molar-refractivity contribution is 0.112. The van der Waals surface area contributed by atoms with Crippen LogP contribution < -0.4 is 0 Å². The fraction of sp³-hybridized carbons (Fsp3) is 0.412. The zero-order valence-electron chi connectivity index (χ0n) is 13.7. The summed E-state index contributed by atoms with van der Waals surface area (Å²) in [6.07, 6.45) is 3.82. The Hall–Kier alpha value is -2.58. The van der Waals surface area contributed by atoms with Gasteiger partial charge in [0.15, 0.2) is 5.82 Å². The first-order valence-corrected chi connectivity index (χ1v) is 8.45. The Kier molecular flexibility index (Phi) is 4.53. The van der Waals surface area contributed by atoms with Crippen molar-refractivity contribution in [1.82, 2.24) is 30.2 Å². The number of aromatic nitrogens is 5. The van der Waals surface area contributed by atoms with Gasteiger partial charge in [-0.15, -0.1) is 0 Å². The minimum Gasteiger partial charge on any atom is -0.388 e. The van der Waals surface area contributed by atoms with Crippen molar-refractivity contribution in [3.05, 3.63) is 48.1 Å². The van der Waals surface area contributed by atoms with Gasteiger partial charge in [-0.1, -0.05) is 35.5 Å². The van der Waals surface area contributed by atoms with Crippen molar-refractivity contribution in [1.29, 1.82) is 0 Å². The van der Waals surface area contributed by atoms with E-state index in [4.69, 9.17) is 4.52 Å². The first-order chi connectivity index (χ1) is 12.3. The highest BCUT2D eigenvalue weighted by molar-refractivity contribution is 5.39. The van der Waals surface area contributed by atoms with Crippen molar-refractivity contribution >= 4 is 0 Å². The molecule has 25 heavy (non-hydrogen) atoms. The van der Waals surface area contributed by atoms with E-state index in [9.17, 15) is 5.11 Å². The molecule has 8 nitrogen and oxygen atoms in total. The van der Waals surface area contributed by atoms with E-state index < -0.39 is 6.10 Å². The first-order valence-electron chi connectivity index (χ1n) is 8.45. The molecule has 1 fully saturated rings. The molecule has 4 rings (SSSR count). The minimum atomic E-state index is -0.459. The van der Waals surface area contributed by atoms with Gasteiger partial charge < -0.3 is 9.63 Å². The third kappa shape index (κ3) is 3.59. The normalized spacial score (nSPS) is 19.3. The molecular weight excluding hydrogens is 320 g/mol. The van der Waals surface area contributed by atoms with E-state index in [1.165, 1.54) is 6.33 Å². The van der Waals surface area contributed by atoms with Gasteiger partial charge in [-0.3, -0.25) is 10.00 Å². The average molecular weight is 340 g/mol. The molecule has 2 N–H and O–H groups in total. The van der Waals surface area contributed by atoms with Crippen LogP contribution in [0.4, 0.5) is 0 Å². The first kappa shape index (κ1) is 15.9. The molecule has 1 aromatic carbocycles. The minimum absolute atomic E-state index is 0.302. The Labute approximate surface area is 144 Å². The van der Waals surface area contributed by atoms with E-state index in [0.717, 1.165) is 24.9 Å². The smallest absolute Gasteiger partial charge is 0.241 e. The summed E-state index contributed by atoms with van der Waals surface area (Å²) in [5.41, 5.74) is 0.958. The summed E-state index contributed by atoms with van der Waals surface area (Å²) in [4.78, 5) is 10.7. The van der Waals surface area contributed by atoms with E-state index in [2.05, 4.69) is 30.2 Å². The second kappa shape index (κ2) is 7.12. The van der Waals surface area contributed by atoms with E-state index >= 15 is 0 Å². The molecule has 130 valence electrons. The molecule has 1 aliphatic heterocycles. The van der Waals surface area contributed by atoms with Gasteiger partial charge in [0.25, 0.3) is 0 Å². The molecule has 3 aromatic rings. The van der Waals surface area contributed by atoms with Crippen LogP contribution in [0.5, 0.6) is 0 Å². The summed E-state index contributed by atoms with van der Waals surface area (Å²) >= 11 is 0. The quantitative estimate of drug-likeness (QED) is 0.706. The van der Waals surface area contributed by atoms with Crippen molar-refractivity contribution in [3.8, 4) is 11.6 Å². The standard InChI is InChI=1S/C17H20N6O2/c24-14(12-5-2-1-3-6-12)9-13-7-4-8-23(13)10-15-20-17(22-25-15)16-18-11-19-21-16/h1-3,5-6,11,13-14,24H,4,7-10H2,(H,18,19,21). The maximum absolute atomic E-state index is 10.5. The van der Waals surface area contributed by atoms with Gasteiger partial charge in [-0.05, 0) is 31.4 Å². The molecule has 0 amide bonds. The highest BCUT2D eigenvalue weighted by Crippen LogP contribution is 2.28. The van der Waals surface area contributed by atoms with Crippen molar-refractivity contribution in [2.75, 3.05) is 6.54 Å². The topological polar surface area (TPSA) is 104 Å². The molecule has 3 heterocycles. The van der Waals surface area contributed by atoms with Crippen LogP contribution in [-0.4, -0.2) is 47.9 Å². The molecular formula is C17H20N6O2. The molecule has 2 unspecified atom stereocenters. The predicted molar refractivity (Wildman–Crippen MR) is 89.1 cm³/mol. The predicted octanol–water partition coefficient (Wildman–Crippen LogP) is 1.94. The van der Waals surface area contributed by atoms with Crippen LogP contribution in [-0.2, 0) is 6.54 Å². The summed E-state index contributed by atoms with van der Waals surface area (Å²) < 4.78 is 5.34. The zero-order chi connectivity index (χ0) is 17.1. The van der Waals surface area contributed by atoms with E-state index in [0.29, 0.717) is 36.5 Å². The van der Waals surface area contributed by atoms with Gasteiger partial charge in [0, 0.05) is 6.04 Å². The summed E-state index contributed by atoms with van der Waals surface area (Å²) in [6.45, 7) is 1.54. The maximum Gasteiger partial charge on any atom is 0.241 e. The number of hydrogen-bond acceptors (Lipinski definition) is 7. The number of nitrogens with one attached hydrogen (secondary N) is 1. The summed E-state index contributed by atoms with van der Waals surface area (Å²) in [6, 6.07) is 10.1. The third-order valence-electron chi connectivity index (χ3n) is 4.61. The molecule has 1 saturated heterocycles. The lowest BCUT2D eigenvalue weighted by atomic mass is 10.0. The van der Waals surface area contributed by atoms with Crippen molar-refractivity contribution < 1.29 is 9.63 Å². The van der Waals surface area contributed by atoms with Crippen LogP contribution in [0, 0.1) is 0 Å². The molecule has 8 heteroatoms. The molecule has 1 aliphatic rings. The number of aliphatic hydroxyl groups excluding tert-OH is 1. The average Bonchev–Trinajstić information content (AvgIpc) is 3.38. The Morgan fingerprint density at radius 2 is 2.20 bits per heavy atom. The summed E-state index contributed by atoms with van der Waals surface area (Å²) in [5.74, 6) is 1.45. The number of nitrogens with zero attached hydrogens (tertiary/aromatic N) is 5. The molecule has 0 saturated carbocycles. The zero-order valence-corrected chi connectivity index (χ0v) is 13.7. The Balaban J connectivity index is 1.40. The molecule has 0 spiro atoms. The highest BCUT2D eigenvalue weighted by atomic mass is 16.5. The lowest BCUT2D eigenvalue weighted by Gasteiger charge is -2.25. The lowest BCUT2D eigenvalue weighted by Crippen LogP contribution is -2.30. The highest BCUT2D eigenvalue weighted by Gasteiger charge is 2.28. The Morgan fingerprint density at radius 1 is 1.32 bits per heavy atom. The van der Waals surface area contributed by atoms with Gasteiger partial charge in [0.2, 0.25) is 11.7 Å². The molecule has 0 radical (unpaired) electrons. The number of aliphatic hydroxyl groups is 1. The van der Waals surface area contributed by atoms with E-state index in [-0.39, 0.29) is 0 Å². The number of aromatic amines is 1. The van der Waals surface area contributed by atoms with Crippen molar-refractivity contribution in [2.45, 2.75) is 38.0 Å². The van der Waals surface area contributed by atoms with E-state index in [1.54, 1.807) is 0 Å². The third-order valence-corrected chi connectivity index (χ3v) is 4.61. The monoisotopic (exact) mass is 340 g/mol. The maximum atomic E-state index is 10.5. The fourth-order valence-corrected chi connectivity index (χ4v) is 3.34. The van der Waals surface area contributed by atoms with Crippen LogP contribution in [0.2, 0.25) is 0 Å². The molecule has 2 atom stereocenters. The number of hydrogen-bond donors (Lipinski definition) is 2. The van der Waals surface area contributed by atoms with Crippen molar-refractivity contribution in [3.63, 3.8) is 0 Å². The summed E-state index contributed by atoms with van der Waals surface area (Å²) in [7, 11) is 0. The Bertz CT molecular complexity index is 789. The van der Waals surface area contributed by atoms with Crippen LogP contribution in [0.15, 0.2) is 41.2 Å². The van der Waals surface area contributed by atoms with Gasteiger partial charge in [-0.2, -0.15) is 10.1 Å². The SMILES string of the molecule is OC(CC1CCCN1Cc1nc(-c2ncn[nH]2)no1)c1ccccc1. The van der Waals surface area contributed by atoms with Crippen LogP contribution in [0.1, 0.15) is 36.8 Å². The number of rotatable bonds is 6. The van der Waals surface area contributed by atoms with Crippen LogP contribution in [0.25, 0.3) is 11.6 Å². The summed E-state index contributed by atoms with van der Waals surface area (Å²) in [5, 5.41) is 20.9. The van der Waals surface area contributed by atoms with Gasteiger partial charge in [-0.25, -0.2) is 4.98 Å². The Morgan fingerprint density at radius 3 is 3.00 bits per heavy atom. The fourth-order valence-electron chi connectivity index (χ4n) is 3.34. The molecule has 0 aliphatic carbocycles. The number of likely N-dealkylation sites (tertiary alicyclic amines) is 1. The van der Waals surface area contributed by atoms with E-state index in [1.807, 2.05) is 30.3 Å². The van der Waals surface area contributed by atoms with Crippen LogP contribution in [0.3, 0.4) is 0 Å². The second-order valence-corrected chi connectivity index (χ2v) is 6.27. The van der Waals surface area contributed by atoms with Gasteiger partial charge >= 0.3 is 0 Å². The van der Waals surface area contributed by atoms with Crippen LogP contribution >= 0.6 is 0 Å². The molecule has 2 aromatic heterocycles. The van der Waals surface area contributed by atoms with Gasteiger partial charge in [0.05, 0.1) is 12.6 Å².